The van der Waals surface area contributed by atoms with Crippen LogP contribution in [0.4, 0.5) is 13.2 Å². The van der Waals surface area contributed by atoms with E-state index in [1.165, 1.54) is 0 Å². The molecule has 1 N–H and O–H groups in total. The summed E-state index contributed by atoms with van der Waals surface area (Å²) in [6.45, 7) is 8.57. The summed E-state index contributed by atoms with van der Waals surface area (Å²) in [6, 6.07) is 0.128. The number of nitrogens with zero attached hydrogens (tertiary/aromatic N) is 1. The Hall–Kier alpha value is -0.290. The van der Waals surface area contributed by atoms with Crippen molar-refractivity contribution in [2.24, 2.45) is 5.41 Å². The minimum absolute atomic E-state index is 0.00947. The maximum Gasteiger partial charge on any atom is 0.401 e. The molecule has 0 spiro atoms. The summed E-state index contributed by atoms with van der Waals surface area (Å²) in [5, 5.41) is 3.40. The van der Waals surface area contributed by atoms with Crippen LogP contribution in [-0.2, 0) is 0 Å². The van der Waals surface area contributed by atoms with Gasteiger partial charge in [0, 0.05) is 25.2 Å². The van der Waals surface area contributed by atoms with Crippen LogP contribution in [0.1, 0.15) is 40.5 Å². The molecule has 0 amide bonds. The van der Waals surface area contributed by atoms with Crippen molar-refractivity contribution >= 4 is 0 Å². The second kappa shape index (κ2) is 5.78. The minimum atomic E-state index is -4.11. The van der Waals surface area contributed by atoms with Crippen LogP contribution in [0.15, 0.2) is 0 Å². The molecule has 108 valence electrons. The van der Waals surface area contributed by atoms with Gasteiger partial charge in [-0.15, -0.1) is 0 Å². The van der Waals surface area contributed by atoms with Gasteiger partial charge in [-0.1, -0.05) is 34.1 Å². The van der Waals surface area contributed by atoms with Gasteiger partial charge >= 0.3 is 6.18 Å². The second-order valence-electron chi connectivity index (χ2n) is 6.31. The molecule has 2 nitrogen and oxygen atoms in total. The average molecular weight is 266 g/mol. The summed E-state index contributed by atoms with van der Waals surface area (Å²) >= 11 is 0. The van der Waals surface area contributed by atoms with Gasteiger partial charge in [-0.2, -0.15) is 13.2 Å². The lowest BCUT2D eigenvalue weighted by Crippen LogP contribution is -2.61. The monoisotopic (exact) mass is 266 g/mol. The molecule has 0 aliphatic carbocycles. The highest BCUT2D eigenvalue weighted by molar-refractivity contribution is 4.92. The van der Waals surface area contributed by atoms with Crippen LogP contribution < -0.4 is 5.32 Å². The van der Waals surface area contributed by atoms with E-state index in [1.807, 2.05) is 6.92 Å². The molecule has 1 fully saturated rings. The molecule has 0 bridgehead atoms. The zero-order valence-electron chi connectivity index (χ0n) is 11.8. The van der Waals surface area contributed by atoms with Crippen LogP contribution in [-0.4, -0.2) is 42.8 Å². The highest BCUT2D eigenvalue weighted by Crippen LogP contribution is 2.27. The molecular weight excluding hydrogens is 241 g/mol. The van der Waals surface area contributed by atoms with Crippen LogP contribution in [0.2, 0.25) is 0 Å². The highest BCUT2D eigenvalue weighted by atomic mass is 19.4. The topological polar surface area (TPSA) is 15.3 Å². The van der Waals surface area contributed by atoms with E-state index in [2.05, 4.69) is 26.1 Å². The van der Waals surface area contributed by atoms with E-state index in [4.69, 9.17) is 0 Å². The number of nitrogens with one attached hydrogen (secondary N) is 1. The van der Waals surface area contributed by atoms with Crippen LogP contribution in [0.25, 0.3) is 0 Å². The van der Waals surface area contributed by atoms with Crippen molar-refractivity contribution in [1.82, 2.24) is 10.2 Å². The summed E-state index contributed by atoms with van der Waals surface area (Å²) in [5.74, 6) is 0. The minimum Gasteiger partial charge on any atom is -0.311 e. The van der Waals surface area contributed by atoms with Crippen molar-refractivity contribution in [2.75, 3.05) is 19.6 Å². The first-order valence-electron chi connectivity index (χ1n) is 6.67. The van der Waals surface area contributed by atoms with E-state index in [0.29, 0.717) is 13.1 Å². The maximum atomic E-state index is 12.6. The third-order valence-electron chi connectivity index (χ3n) is 3.58. The Kier molecular flexibility index (Phi) is 5.06. The van der Waals surface area contributed by atoms with Gasteiger partial charge in [-0.05, 0) is 11.8 Å². The number of hydrogen-bond acceptors (Lipinski definition) is 2. The van der Waals surface area contributed by atoms with E-state index in [9.17, 15) is 13.2 Å². The molecule has 0 aromatic heterocycles. The normalized spacial score (nSPS) is 27.5. The molecule has 0 aromatic carbocycles. The van der Waals surface area contributed by atoms with Crippen LogP contribution >= 0.6 is 0 Å². The van der Waals surface area contributed by atoms with Gasteiger partial charge in [-0.25, -0.2) is 0 Å². The number of hydrogen-bond donors (Lipinski definition) is 1. The van der Waals surface area contributed by atoms with E-state index in [0.717, 1.165) is 12.8 Å². The first kappa shape index (κ1) is 15.8. The second-order valence-corrected chi connectivity index (χ2v) is 6.31. The van der Waals surface area contributed by atoms with Crippen LogP contribution in [0.5, 0.6) is 0 Å². The van der Waals surface area contributed by atoms with Crippen molar-refractivity contribution in [2.45, 2.75) is 58.8 Å². The van der Waals surface area contributed by atoms with Gasteiger partial charge in [-0.3, -0.25) is 4.90 Å². The zero-order chi connectivity index (χ0) is 14.0. The standard InChI is InChI=1S/C13H25F3N2/c1-5-6-10-7-17-11(12(2,3)4)8-18(10)9-13(14,15)16/h10-11,17H,5-9H2,1-4H3. The number of halogens is 3. The zero-order valence-corrected chi connectivity index (χ0v) is 11.8. The van der Waals surface area contributed by atoms with Gasteiger partial charge in [0.05, 0.1) is 6.54 Å². The first-order valence-corrected chi connectivity index (χ1v) is 6.67. The lowest BCUT2D eigenvalue weighted by molar-refractivity contribution is -0.156. The molecule has 0 aromatic rings. The predicted octanol–water partition coefficient (Wildman–Crippen LogP) is 3.04. The van der Waals surface area contributed by atoms with Gasteiger partial charge in [0.15, 0.2) is 0 Å². The quantitative estimate of drug-likeness (QED) is 0.844. The van der Waals surface area contributed by atoms with E-state index < -0.39 is 12.7 Å². The largest absolute Gasteiger partial charge is 0.401 e. The summed E-state index contributed by atoms with van der Waals surface area (Å²) in [4.78, 5) is 1.61. The number of piperazine rings is 1. The summed E-state index contributed by atoms with van der Waals surface area (Å²) in [6.07, 6.45) is -2.37. The molecule has 5 heteroatoms. The Balaban J connectivity index is 2.70. The van der Waals surface area contributed by atoms with Crippen LogP contribution in [0, 0.1) is 5.41 Å². The van der Waals surface area contributed by atoms with Gasteiger partial charge < -0.3 is 5.32 Å². The molecule has 1 aliphatic rings. The Morgan fingerprint density at radius 2 is 1.83 bits per heavy atom. The van der Waals surface area contributed by atoms with E-state index >= 15 is 0 Å². The summed E-state index contributed by atoms with van der Waals surface area (Å²) < 4.78 is 37.8. The van der Waals surface area contributed by atoms with E-state index in [-0.39, 0.29) is 17.5 Å². The summed E-state index contributed by atoms with van der Waals surface area (Å²) in [5.41, 5.74) is -0.0129. The SMILES string of the molecule is CCCC1CNC(C(C)(C)C)CN1CC(F)(F)F. The Labute approximate surface area is 108 Å². The molecule has 1 heterocycles. The predicted molar refractivity (Wildman–Crippen MR) is 67.6 cm³/mol. The molecule has 1 saturated heterocycles. The van der Waals surface area contributed by atoms with Crippen LogP contribution in [0.3, 0.4) is 0 Å². The molecule has 18 heavy (non-hydrogen) atoms. The average Bonchev–Trinajstić information content (AvgIpc) is 2.17. The lowest BCUT2D eigenvalue weighted by atomic mass is 9.84. The lowest BCUT2D eigenvalue weighted by Gasteiger charge is -2.45. The van der Waals surface area contributed by atoms with Gasteiger partial charge in [0.25, 0.3) is 0 Å². The summed E-state index contributed by atoms with van der Waals surface area (Å²) in [7, 11) is 0. The van der Waals surface area contributed by atoms with Gasteiger partial charge in [0.1, 0.15) is 0 Å². The van der Waals surface area contributed by atoms with Crippen molar-refractivity contribution in [3.05, 3.63) is 0 Å². The fourth-order valence-corrected chi connectivity index (χ4v) is 2.48. The molecule has 0 radical (unpaired) electrons. The molecule has 1 aliphatic heterocycles. The Morgan fingerprint density at radius 3 is 2.28 bits per heavy atom. The molecule has 2 atom stereocenters. The molecule has 2 unspecified atom stereocenters. The fraction of sp³-hybridized carbons (Fsp3) is 1.00. The third kappa shape index (κ3) is 4.76. The fourth-order valence-electron chi connectivity index (χ4n) is 2.48. The highest BCUT2D eigenvalue weighted by Gasteiger charge is 2.39. The Morgan fingerprint density at radius 1 is 1.22 bits per heavy atom. The van der Waals surface area contributed by atoms with Crippen molar-refractivity contribution in [1.29, 1.82) is 0 Å². The number of rotatable bonds is 3. The smallest absolute Gasteiger partial charge is 0.311 e. The number of alkyl halides is 3. The third-order valence-corrected chi connectivity index (χ3v) is 3.58. The molecule has 0 saturated carbocycles. The van der Waals surface area contributed by atoms with Crippen molar-refractivity contribution < 1.29 is 13.2 Å². The molecular formula is C13H25F3N2. The maximum absolute atomic E-state index is 12.6. The molecule has 1 rings (SSSR count). The first-order chi connectivity index (χ1) is 8.13. The Bertz CT molecular complexity index is 258. The van der Waals surface area contributed by atoms with Crippen molar-refractivity contribution in [3.8, 4) is 0 Å². The van der Waals surface area contributed by atoms with E-state index in [1.54, 1.807) is 4.90 Å². The van der Waals surface area contributed by atoms with Crippen molar-refractivity contribution in [3.63, 3.8) is 0 Å². The van der Waals surface area contributed by atoms with Gasteiger partial charge in [0.2, 0.25) is 0 Å².